The minimum absolute atomic E-state index is 0.136. The van der Waals surface area contributed by atoms with Crippen LogP contribution in [0, 0.1) is 0 Å². The second kappa shape index (κ2) is 9.05. The zero-order valence-corrected chi connectivity index (χ0v) is 17.1. The summed E-state index contributed by atoms with van der Waals surface area (Å²) in [7, 11) is 0. The Morgan fingerprint density at radius 3 is 2.22 bits per heavy atom. The predicted molar refractivity (Wildman–Crippen MR) is 110 cm³/mol. The van der Waals surface area contributed by atoms with Crippen molar-refractivity contribution < 1.29 is 9.59 Å². The summed E-state index contributed by atoms with van der Waals surface area (Å²) in [5, 5.41) is 3.51. The minimum Gasteiger partial charge on any atom is -0.350 e. The van der Waals surface area contributed by atoms with Crippen molar-refractivity contribution in [2.24, 2.45) is 0 Å². The lowest BCUT2D eigenvalue weighted by Gasteiger charge is -2.31. The number of halogens is 1. The van der Waals surface area contributed by atoms with E-state index in [1.165, 1.54) is 0 Å². The smallest absolute Gasteiger partial charge is 0.242 e. The molecule has 5 heteroatoms. The summed E-state index contributed by atoms with van der Waals surface area (Å²) in [6, 6.07) is 16.4. The molecule has 144 valence electrons. The predicted octanol–water partition coefficient (Wildman–Crippen LogP) is 4.21. The van der Waals surface area contributed by atoms with Crippen LogP contribution in [0.25, 0.3) is 0 Å². The second-order valence-electron chi connectivity index (χ2n) is 7.69. The van der Waals surface area contributed by atoms with E-state index in [0.717, 1.165) is 11.1 Å². The van der Waals surface area contributed by atoms with E-state index < -0.39 is 6.04 Å². The topological polar surface area (TPSA) is 49.4 Å². The van der Waals surface area contributed by atoms with Crippen LogP contribution >= 0.6 is 11.6 Å². The second-order valence-corrected chi connectivity index (χ2v) is 8.10. The van der Waals surface area contributed by atoms with Crippen LogP contribution in [0.2, 0.25) is 5.02 Å². The van der Waals surface area contributed by atoms with E-state index in [1.807, 2.05) is 69.3 Å². The molecule has 0 bridgehead atoms. The fourth-order valence-corrected chi connectivity index (χ4v) is 2.95. The molecule has 1 N–H and O–H groups in total. The van der Waals surface area contributed by atoms with Crippen molar-refractivity contribution in [1.29, 1.82) is 0 Å². The molecule has 1 unspecified atom stereocenters. The lowest BCUT2D eigenvalue weighted by atomic mass is 10.1. The summed E-state index contributed by atoms with van der Waals surface area (Å²) < 4.78 is 0. The van der Waals surface area contributed by atoms with Gasteiger partial charge in [0.1, 0.15) is 6.04 Å². The molecule has 0 aliphatic rings. The van der Waals surface area contributed by atoms with Gasteiger partial charge in [-0.05, 0) is 44.9 Å². The molecular formula is C22H27ClN2O2. The van der Waals surface area contributed by atoms with Crippen molar-refractivity contribution in [3.63, 3.8) is 0 Å². The maximum Gasteiger partial charge on any atom is 0.242 e. The Balaban J connectivity index is 2.24. The molecule has 0 radical (unpaired) electrons. The Labute approximate surface area is 166 Å². The molecule has 0 saturated carbocycles. The van der Waals surface area contributed by atoms with Gasteiger partial charge in [0.15, 0.2) is 0 Å². The number of benzene rings is 2. The highest BCUT2D eigenvalue weighted by Crippen LogP contribution is 2.18. The summed E-state index contributed by atoms with van der Waals surface area (Å²) >= 11 is 6.21. The van der Waals surface area contributed by atoms with Crippen LogP contribution in [0.15, 0.2) is 54.6 Å². The third kappa shape index (κ3) is 6.40. The molecule has 0 aliphatic heterocycles. The molecule has 0 aromatic heterocycles. The molecule has 4 nitrogen and oxygen atoms in total. The lowest BCUT2D eigenvalue weighted by Crippen LogP contribution is -2.52. The van der Waals surface area contributed by atoms with Gasteiger partial charge >= 0.3 is 0 Å². The van der Waals surface area contributed by atoms with Gasteiger partial charge in [-0.25, -0.2) is 0 Å². The van der Waals surface area contributed by atoms with Crippen LogP contribution in [0.3, 0.4) is 0 Å². The molecule has 0 fully saturated rings. The average molecular weight is 387 g/mol. The summed E-state index contributed by atoms with van der Waals surface area (Å²) in [5.41, 5.74) is 1.36. The molecule has 0 saturated heterocycles. The van der Waals surface area contributed by atoms with Crippen LogP contribution in [0.4, 0.5) is 0 Å². The highest BCUT2D eigenvalue weighted by molar-refractivity contribution is 6.31. The van der Waals surface area contributed by atoms with Crippen molar-refractivity contribution in [2.45, 2.75) is 52.2 Å². The molecule has 2 amide bonds. The molecule has 2 rings (SSSR count). The van der Waals surface area contributed by atoms with E-state index >= 15 is 0 Å². The monoisotopic (exact) mass is 386 g/mol. The molecule has 2 aromatic rings. The highest BCUT2D eigenvalue weighted by Gasteiger charge is 2.28. The first kappa shape index (κ1) is 21.0. The molecular weight excluding hydrogens is 360 g/mol. The van der Waals surface area contributed by atoms with Crippen LogP contribution in [-0.2, 0) is 22.6 Å². The summed E-state index contributed by atoms with van der Waals surface area (Å²) in [6.45, 7) is 7.89. The highest BCUT2D eigenvalue weighted by atomic mass is 35.5. The van der Waals surface area contributed by atoms with Gasteiger partial charge in [0, 0.05) is 17.1 Å². The maximum absolute atomic E-state index is 13.1. The molecule has 0 heterocycles. The van der Waals surface area contributed by atoms with Crippen molar-refractivity contribution >= 4 is 23.4 Å². The average Bonchev–Trinajstić information content (AvgIpc) is 2.60. The van der Waals surface area contributed by atoms with Crippen molar-refractivity contribution in [2.75, 3.05) is 0 Å². The Morgan fingerprint density at radius 2 is 1.63 bits per heavy atom. The summed E-state index contributed by atoms with van der Waals surface area (Å²) in [4.78, 5) is 27.4. The molecule has 27 heavy (non-hydrogen) atoms. The van der Waals surface area contributed by atoms with Gasteiger partial charge in [-0.15, -0.1) is 0 Å². The largest absolute Gasteiger partial charge is 0.350 e. The fraction of sp³-hybridized carbons (Fsp3) is 0.364. The van der Waals surface area contributed by atoms with Crippen LogP contribution < -0.4 is 5.32 Å². The third-order valence-electron chi connectivity index (χ3n) is 4.16. The van der Waals surface area contributed by atoms with Gasteiger partial charge in [0.05, 0.1) is 6.42 Å². The number of nitrogens with one attached hydrogen (secondary N) is 1. The quantitative estimate of drug-likeness (QED) is 0.808. The summed E-state index contributed by atoms with van der Waals surface area (Å²) in [6.07, 6.45) is 0.152. The first-order valence-corrected chi connectivity index (χ1v) is 9.44. The van der Waals surface area contributed by atoms with Crippen LogP contribution in [-0.4, -0.2) is 28.3 Å². The van der Waals surface area contributed by atoms with Crippen molar-refractivity contribution in [1.82, 2.24) is 10.2 Å². The van der Waals surface area contributed by atoms with Gasteiger partial charge < -0.3 is 10.2 Å². The third-order valence-corrected chi connectivity index (χ3v) is 4.53. The van der Waals surface area contributed by atoms with Gasteiger partial charge in [0.25, 0.3) is 0 Å². The van der Waals surface area contributed by atoms with Gasteiger partial charge in [-0.2, -0.15) is 0 Å². The Bertz CT molecular complexity index is 784. The number of hydrogen-bond acceptors (Lipinski definition) is 2. The van der Waals surface area contributed by atoms with E-state index in [-0.39, 0.29) is 23.8 Å². The normalized spacial score (nSPS) is 12.3. The number of rotatable bonds is 6. The number of hydrogen-bond donors (Lipinski definition) is 1. The molecule has 0 aliphatic carbocycles. The van der Waals surface area contributed by atoms with Gasteiger partial charge in [-0.3, -0.25) is 9.59 Å². The maximum atomic E-state index is 13.1. The zero-order chi connectivity index (χ0) is 20.0. The van der Waals surface area contributed by atoms with E-state index in [9.17, 15) is 9.59 Å². The van der Waals surface area contributed by atoms with Crippen LogP contribution in [0.5, 0.6) is 0 Å². The molecule has 2 aromatic carbocycles. The minimum atomic E-state index is -0.598. The first-order chi connectivity index (χ1) is 12.7. The van der Waals surface area contributed by atoms with Crippen LogP contribution in [0.1, 0.15) is 38.8 Å². The SMILES string of the molecule is CC(C(=O)NC(C)(C)C)N(Cc1ccccc1)C(=O)Cc1ccccc1Cl. The van der Waals surface area contributed by atoms with E-state index in [0.29, 0.717) is 11.6 Å². The fourth-order valence-electron chi connectivity index (χ4n) is 2.74. The van der Waals surface area contributed by atoms with Crippen molar-refractivity contribution in [3.05, 3.63) is 70.7 Å². The molecule has 1 atom stereocenters. The van der Waals surface area contributed by atoms with E-state index in [2.05, 4.69) is 5.32 Å². The van der Waals surface area contributed by atoms with Crippen molar-refractivity contribution in [3.8, 4) is 0 Å². The summed E-state index contributed by atoms with van der Waals surface area (Å²) in [5.74, 6) is -0.311. The first-order valence-electron chi connectivity index (χ1n) is 9.06. The van der Waals surface area contributed by atoms with E-state index in [4.69, 9.17) is 11.6 Å². The Kier molecular flexibility index (Phi) is 7.03. The number of nitrogens with zero attached hydrogens (tertiary/aromatic N) is 1. The van der Waals surface area contributed by atoms with Gasteiger partial charge in [0.2, 0.25) is 11.8 Å². The molecule has 0 spiro atoms. The lowest BCUT2D eigenvalue weighted by molar-refractivity contribution is -0.140. The zero-order valence-electron chi connectivity index (χ0n) is 16.3. The number of carbonyl (C=O) groups is 2. The standard InChI is InChI=1S/C22H27ClN2O2/c1-16(21(27)24-22(2,3)4)25(15-17-10-6-5-7-11-17)20(26)14-18-12-8-9-13-19(18)23/h5-13,16H,14-15H2,1-4H3,(H,24,27). The Morgan fingerprint density at radius 1 is 1.04 bits per heavy atom. The number of amides is 2. The Hall–Kier alpha value is -2.33. The van der Waals surface area contributed by atoms with E-state index in [1.54, 1.807) is 17.9 Å². The van der Waals surface area contributed by atoms with Gasteiger partial charge in [-0.1, -0.05) is 60.1 Å². The number of carbonyl (C=O) groups excluding carboxylic acids is 2.